The SMILES string of the molecule is O=C1C[C@H]2SCC(Cl)(C(=O)O)CN12.[NaH]. The molecule has 2 fully saturated rings. The van der Waals surface area contributed by atoms with Crippen molar-refractivity contribution in [3.63, 3.8) is 0 Å². The Morgan fingerprint density at radius 3 is 2.86 bits per heavy atom. The van der Waals surface area contributed by atoms with Crippen molar-refractivity contribution in [3.05, 3.63) is 0 Å². The molecule has 0 saturated carbocycles. The molecule has 0 aromatic rings. The summed E-state index contributed by atoms with van der Waals surface area (Å²) in [4.78, 5) is 22.1. The number of aliphatic carboxylic acids is 1. The van der Waals surface area contributed by atoms with Gasteiger partial charge in [-0.15, -0.1) is 23.4 Å². The summed E-state index contributed by atoms with van der Waals surface area (Å²) in [5, 5.41) is 8.99. The van der Waals surface area contributed by atoms with Crippen LogP contribution < -0.4 is 0 Å². The number of halogens is 1. The van der Waals surface area contributed by atoms with Gasteiger partial charge >= 0.3 is 35.5 Å². The van der Waals surface area contributed by atoms with Gasteiger partial charge in [-0.1, -0.05) is 0 Å². The number of hydrogen-bond donors (Lipinski definition) is 1. The molecule has 0 spiro atoms. The van der Waals surface area contributed by atoms with Crippen LogP contribution in [0.5, 0.6) is 0 Å². The maximum absolute atomic E-state index is 11.0. The molecule has 2 rings (SSSR count). The number of carbonyl (C=O) groups excluding carboxylic acids is 1. The van der Waals surface area contributed by atoms with Gasteiger partial charge in [-0.25, -0.2) is 0 Å². The fourth-order valence-electron chi connectivity index (χ4n) is 1.44. The monoisotopic (exact) mass is 245 g/mol. The molecular formula is C7H9ClNNaO3S. The van der Waals surface area contributed by atoms with E-state index in [1.54, 1.807) is 0 Å². The second-order valence-corrected chi connectivity index (χ2v) is 5.15. The van der Waals surface area contributed by atoms with E-state index >= 15 is 0 Å². The standard InChI is InChI=1S/C7H8ClNO3S.Na.H/c8-7(6(11)12)2-9-4(10)1-5(9)13-3-7;;/h5H,1-3H2,(H,11,12);;/t5-,7?;;/m1../s1. The van der Waals surface area contributed by atoms with Gasteiger partial charge in [0.2, 0.25) is 5.91 Å². The molecule has 1 unspecified atom stereocenters. The molecule has 74 valence electrons. The van der Waals surface area contributed by atoms with Gasteiger partial charge in [0.05, 0.1) is 18.3 Å². The number of fused-ring (bicyclic) bond motifs is 1. The molecule has 7 heteroatoms. The van der Waals surface area contributed by atoms with Crippen LogP contribution in [0.1, 0.15) is 6.42 Å². The summed E-state index contributed by atoms with van der Waals surface area (Å²) < 4.78 is 0. The number of thioether (sulfide) groups is 1. The van der Waals surface area contributed by atoms with Gasteiger partial charge in [0, 0.05) is 5.75 Å². The number of amides is 1. The third-order valence-corrected chi connectivity index (χ3v) is 4.36. The molecule has 0 aliphatic carbocycles. The minimum absolute atomic E-state index is 0. The Hall–Kier alpha value is 0.580. The van der Waals surface area contributed by atoms with Crippen LogP contribution in [0.3, 0.4) is 0 Å². The molecular weight excluding hydrogens is 237 g/mol. The van der Waals surface area contributed by atoms with Gasteiger partial charge in [-0.05, 0) is 0 Å². The Morgan fingerprint density at radius 2 is 2.36 bits per heavy atom. The zero-order chi connectivity index (χ0) is 9.64. The Morgan fingerprint density at radius 1 is 1.71 bits per heavy atom. The fourth-order valence-corrected chi connectivity index (χ4v) is 3.06. The molecule has 4 nitrogen and oxygen atoms in total. The maximum atomic E-state index is 11.0. The number of rotatable bonds is 1. The van der Waals surface area contributed by atoms with E-state index in [1.807, 2.05) is 0 Å². The Labute approximate surface area is 113 Å². The molecule has 0 aromatic carbocycles. The third-order valence-electron chi connectivity index (χ3n) is 2.33. The zero-order valence-electron chi connectivity index (χ0n) is 6.70. The van der Waals surface area contributed by atoms with Crippen LogP contribution in [0, 0.1) is 0 Å². The number of carboxylic acids is 1. The van der Waals surface area contributed by atoms with E-state index in [9.17, 15) is 9.59 Å². The average Bonchev–Trinajstić information content (AvgIpc) is 2.07. The molecule has 2 aliphatic rings. The molecule has 14 heavy (non-hydrogen) atoms. The normalized spacial score (nSPS) is 35.4. The van der Waals surface area contributed by atoms with Crippen molar-refractivity contribution in [2.24, 2.45) is 0 Å². The van der Waals surface area contributed by atoms with Crippen LogP contribution in [-0.2, 0) is 9.59 Å². The van der Waals surface area contributed by atoms with Gasteiger partial charge in [0.25, 0.3) is 0 Å². The number of nitrogens with zero attached hydrogens (tertiary/aromatic N) is 1. The van der Waals surface area contributed by atoms with Gasteiger partial charge < -0.3 is 10.0 Å². The van der Waals surface area contributed by atoms with Crippen LogP contribution >= 0.6 is 23.4 Å². The topological polar surface area (TPSA) is 57.6 Å². The average molecular weight is 246 g/mol. The van der Waals surface area contributed by atoms with Crippen LogP contribution in [0.4, 0.5) is 0 Å². The quantitative estimate of drug-likeness (QED) is 0.392. The first-order valence-corrected chi connectivity index (χ1v) is 5.29. The van der Waals surface area contributed by atoms with Crippen LogP contribution in [0.15, 0.2) is 0 Å². The van der Waals surface area contributed by atoms with E-state index in [0.717, 1.165) is 0 Å². The molecule has 0 aromatic heterocycles. The summed E-state index contributed by atoms with van der Waals surface area (Å²) >= 11 is 7.30. The summed E-state index contributed by atoms with van der Waals surface area (Å²) in [6.07, 6.45) is 0.525. The van der Waals surface area contributed by atoms with E-state index in [2.05, 4.69) is 0 Å². The first kappa shape index (κ1) is 12.6. The van der Waals surface area contributed by atoms with Crippen molar-refractivity contribution >= 4 is 64.8 Å². The summed E-state index contributed by atoms with van der Waals surface area (Å²) in [6, 6.07) is 0. The van der Waals surface area contributed by atoms with Crippen molar-refractivity contribution in [1.29, 1.82) is 0 Å². The Kier molecular flexibility index (Phi) is 3.81. The Balaban J connectivity index is 0.000000980. The molecule has 0 radical (unpaired) electrons. The molecule has 1 N–H and O–H groups in total. The van der Waals surface area contributed by atoms with Crippen LogP contribution in [0.2, 0.25) is 0 Å². The van der Waals surface area contributed by atoms with Crippen molar-refractivity contribution in [1.82, 2.24) is 4.90 Å². The molecule has 2 heterocycles. The fraction of sp³-hybridized carbons (Fsp3) is 0.714. The summed E-state index contributed by atoms with van der Waals surface area (Å²) in [7, 11) is 0. The predicted octanol–water partition coefficient (Wildman–Crippen LogP) is -0.295. The zero-order valence-corrected chi connectivity index (χ0v) is 8.27. The number of β-lactam (4-membered cyclic amide) rings is 1. The molecule has 2 aliphatic heterocycles. The summed E-state index contributed by atoms with van der Waals surface area (Å²) in [5.41, 5.74) is 0. The molecule has 2 saturated heterocycles. The summed E-state index contributed by atoms with van der Waals surface area (Å²) in [6.45, 7) is 0.139. The van der Waals surface area contributed by atoms with E-state index in [0.29, 0.717) is 12.2 Å². The molecule has 0 bridgehead atoms. The Bertz CT molecular complexity index is 290. The first-order chi connectivity index (χ1) is 6.03. The predicted molar refractivity (Wildman–Crippen MR) is 55.9 cm³/mol. The second-order valence-electron chi connectivity index (χ2n) is 3.26. The number of carbonyl (C=O) groups is 2. The molecule has 2 atom stereocenters. The van der Waals surface area contributed by atoms with E-state index in [1.165, 1.54) is 16.7 Å². The minimum atomic E-state index is -1.28. The van der Waals surface area contributed by atoms with Gasteiger partial charge in [0.15, 0.2) is 4.87 Å². The van der Waals surface area contributed by atoms with Crippen molar-refractivity contribution in [3.8, 4) is 0 Å². The number of carboxylic acid groups (broad SMARTS) is 1. The number of alkyl halides is 1. The third kappa shape index (κ3) is 1.93. The van der Waals surface area contributed by atoms with E-state index in [4.69, 9.17) is 16.7 Å². The van der Waals surface area contributed by atoms with Gasteiger partial charge in [-0.2, -0.15) is 0 Å². The van der Waals surface area contributed by atoms with Crippen molar-refractivity contribution < 1.29 is 14.7 Å². The van der Waals surface area contributed by atoms with Crippen molar-refractivity contribution in [2.75, 3.05) is 12.3 Å². The van der Waals surface area contributed by atoms with E-state index in [-0.39, 0.29) is 47.4 Å². The van der Waals surface area contributed by atoms with Gasteiger partial charge in [0.1, 0.15) is 0 Å². The van der Waals surface area contributed by atoms with E-state index < -0.39 is 10.8 Å². The first-order valence-electron chi connectivity index (χ1n) is 3.86. The van der Waals surface area contributed by atoms with Crippen molar-refractivity contribution in [2.45, 2.75) is 16.7 Å². The van der Waals surface area contributed by atoms with Crippen LogP contribution in [-0.4, -0.2) is 74.0 Å². The van der Waals surface area contributed by atoms with Gasteiger partial charge in [-0.3, -0.25) is 9.59 Å². The van der Waals surface area contributed by atoms with Crippen LogP contribution in [0.25, 0.3) is 0 Å². The molecule has 1 amide bonds. The second kappa shape index (κ2) is 4.22. The number of hydrogen-bond acceptors (Lipinski definition) is 3. The summed E-state index contributed by atoms with van der Waals surface area (Å²) in [5.74, 6) is -0.665.